The van der Waals surface area contributed by atoms with Crippen LogP contribution in [0.25, 0.3) is 11.4 Å². The van der Waals surface area contributed by atoms with Gasteiger partial charge in [0.1, 0.15) is 19.2 Å². The smallest absolute Gasteiger partial charge is 0.233 e. The van der Waals surface area contributed by atoms with Crippen molar-refractivity contribution >= 4 is 19.9 Å². The first-order valence-corrected chi connectivity index (χ1v) is 15.9. The first-order chi connectivity index (χ1) is 17.2. The summed E-state index contributed by atoms with van der Waals surface area (Å²) in [5.74, 6) is -0.108. The van der Waals surface area contributed by atoms with E-state index in [1.807, 2.05) is 0 Å². The SMILES string of the molecule is C[Si-](C)(C)CCOCn1nc(-c2ccnnc2)nc1N1CCCC(Cc2ccc(F)cc2CF)C1=O. The van der Waals surface area contributed by atoms with Gasteiger partial charge in [-0.15, -0.1) is 19.2 Å². The molecule has 1 aliphatic rings. The molecule has 4 rings (SSSR count). The Hall–Kier alpha value is -3.05. The molecule has 0 N–H and O–H groups in total. The summed E-state index contributed by atoms with van der Waals surface area (Å²) in [6, 6.07) is 6.85. The maximum absolute atomic E-state index is 13.6. The van der Waals surface area contributed by atoms with Crippen molar-refractivity contribution in [1.82, 2.24) is 25.0 Å². The Labute approximate surface area is 210 Å². The monoisotopic (exact) mass is 514 g/mol. The second-order valence-corrected chi connectivity index (χ2v) is 15.9. The van der Waals surface area contributed by atoms with Crippen LogP contribution >= 0.6 is 0 Å². The number of carbonyl (C=O) groups excluding carboxylic acids is 1. The molecule has 0 bridgehead atoms. The van der Waals surface area contributed by atoms with Gasteiger partial charge in [-0.25, -0.2) is 13.5 Å². The fourth-order valence-electron chi connectivity index (χ4n) is 4.22. The summed E-state index contributed by atoms with van der Waals surface area (Å²) in [4.78, 5) is 19.9. The van der Waals surface area contributed by atoms with Crippen LogP contribution in [-0.2, 0) is 29.4 Å². The van der Waals surface area contributed by atoms with Crippen LogP contribution in [-0.4, -0.2) is 52.1 Å². The molecule has 1 saturated heterocycles. The number of alkyl halides is 1. The minimum Gasteiger partial charge on any atom is -0.362 e. The van der Waals surface area contributed by atoms with E-state index in [-0.39, 0.29) is 24.1 Å². The Balaban J connectivity index is 1.57. The van der Waals surface area contributed by atoms with E-state index in [4.69, 9.17) is 4.74 Å². The molecule has 193 valence electrons. The lowest BCUT2D eigenvalue weighted by Crippen LogP contribution is -2.43. The summed E-state index contributed by atoms with van der Waals surface area (Å²) in [7, 11) is -1.26. The van der Waals surface area contributed by atoms with Crippen LogP contribution in [0.2, 0.25) is 25.7 Å². The number of anilines is 1. The molecule has 3 aromatic rings. The lowest BCUT2D eigenvalue weighted by atomic mass is 9.89. The number of aromatic nitrogens is 5. The maximum Gasteiger partial charge on any atom is 0.233 e. The fourth-order valence-corrected chi connectivity index (χ4v) is 4.97. The highest BCUT2D eigenvalue weighted by molar-refractivity contribution is 6.76. The number of piperidine rings is 1. The average Bonchev–Trinajstić information content (AvgIpc) is 3.28. The van der Waals surface area contributed by atoms with Crippen LogP contribution in [0.5, 0.6) is 0 Å². The van der Waals surface area contributed by atoms with E-state index in [1.54, 1.807) is 34.1 Å². The number of carbonyl (C=O) groups is 1. The summed E-state index contributed by atoms with van der Waals surface area (Å²) < 4.78 is 34.6. The Kier molecular flexibility index (Phi) is 8.20. The van der Waals surface area contributed by atoms with E-state index in [0.717, 1.165) is 12.5 Å². The molecule has 0 radical (unpaired) electrons. The second kappa shape index (κ2) is 11.3. The van der Waals surface area contributed by atoms with E-state index >= 15 is 0 Å². The lowest BCUT2D eigenvalue weighted by Gasteiger charge is -2.31. The molecular formula is C25H32F2N6O2Si-. The molecule has 1 amide bonds. The predicted molar refractivity (Wildman–Crippen MR) is 135 cm³/mol. The van der Waals surface area contributed by atoms with E-state index < -0.39 is 20.6 Å². The standard InChI is InChI=1S/C25H32F2N6O2Si/c1-36(2,3)12-11-35-17-33-25(30-23(31-33)20-8-9-28-29-16-20)32-10-4-5-19(24(32)34)13-18-6-7-22(27)14-21(18)15-26/h6-9,14,16,19H,4-5,10-13,15,17H2,1-3H3/q-1. The molecule has 1 atom stereocenters. The van der Waals surface area contributed by atoms with Gasteiger partial charge in [-0.2, -0.15) is 34.8 Å². The van der Waals surface area contributed by atoms with Crippen molar-refractivity contribution in [2.75, 3.05) is 18.1 Å². The normalized spacial score (nSPS) is 16.5. The lowest BCUT2D eigenvalue weighted by molar-refractivity contribution is -0.123. The average molecular weight is 515 g/mol. The van der Waals surface area contributed by atoms with Crippen LogP contribution in [0.1, 0.15) is 24.0 Å². The Morgan fingerprint density at radius 2 is 2.00 bits per heavy atom. The third kappa shape index (κ3) is 6.38. The van der Waals surface area contributed by atoms with Crippen molar-refractivity contribution in [3.8, 4) is 11.4 Å². The van der Waals surface area contributed by atoms with E-state index in [1.165, 1.54) is 12.1 Å². The highest BCUT2D eigenvalue weighted by Crippen LogP contribution is 2.29. The van der Waals surface area contributed by atoms with Crippen molar-refractivity contribution in [2.24, 2.45) is 5.92 Å². The van der Waals surface area contributed by atoms with Gasteiger partial charge >= 0.3 is 0 Å². The van der Waals surface area contributed by atoms with Gasteiger partial charge < -0.3 is 4.74 Å². The molecule has 1 unspecified atom stereocenters. The molecule has 1 fully saturated rings. The highest BCUT2D eigenvalue weighted by atomic mass is 28.3. The molecule has 1 aliphatic heterocycles. The summed E-state index contributed by atoms with van der Waals surface area (Å²) >= 11 is 0. The number of amides is 1. The molecule has 36 heavy (non-hydrogen) atoms. The Morgan fingerprint density at radius 1 is 1.17 bits per heavy atom. The quantitative estimate of drug-likeness (QED) is 0.289. The molecule has 2 aromatic heterocycles. The number of benzene rings is 1. The van der Waals surface area contributed by atoms with E-state index in [2.05, 4.69) is 39.9 Å². The van der Waals surface area contributed by atoms with Gasteiger partial charge in [0, 0.05) is 24.6 Å². The molecule has 0 saturated carbocycles. The minimum absolute atomic E-state index is 0.106. The number of ether oxygens (including phenoxy) is 1. The van der Waals surface area contributed by atoms with Crippen LogP contribution in [0.4, 0.5) is 14.7 Å². The zero-order valence-corrected chi connectivity index (χ0v) is 22.0. The van der Waals surface area contributed by atoms with Crippen molar-refractivity contribution in [3.05, 3.63) is 53.6 Å². The number of hydrogen-bond acceptors (Lipinski definition) is 6. The minimum atomic E-state index is -1.26. The van der Waals surface area contributed by atoms with Gasteiger partial charge in [-0.3, -0.25) is 9.69 Å². The third-order valence-electron chi connectivity index (χ3n) is 6.27. The molecular weight excluding hydrogens is 482 g/mol. The van der Waals surface area contributed by atoms with Gasteiger partial charge in [-0.1, -0.05) is 6.07 Å². The zero-order chi connectivity index (χ0) is 25.7. The predicted octanol–water partition coefficient (Wildman–Crippen LogP) is 4.64. The van der Waals surface area contributed by atoms with Gasteiger partial charge in [0.2, 0.25) is 11.9 Å². The summed E-state index contributed by atoms with van der Waals surface area (Å²) in [6.07, 6.45) is 4.91. The summed E-state index contributed by atoms with van der Waals surface area (Å²) in [6.45, 7) is 7.36. The van der Waals surface area contributed by atoms with Crippen molar-refractivity contribution in [2.45, 2.75) is 58.4 Å². The number of rotatable bonds is 10. The van der Waals surface area contributed by atoms with Crippen molar-refractivity contribution in [3.63, 3.8) is 0 Å². The number of halogens is 2. The van der Waals surface area contributed by atoms with Crippen LogP contribution in [0.15, 0.2) is 36.7 Å². The largest absolute Gasteiger partial charge is 0.362 e. The second-order valence-electron chi connectivity index (χ2n) is 10.3. The van der Waals surface area contributed by atoms with E-state index in [0.29, 0.717) is 48.9 Å². The molecule has 8 nitrogen and oxygen atoms in total. The van der Waals surface area contributed by atoms with Crippen LogP contribution in [0.3, 0.4) is 0 Å². The highest BCUT2D eigenvalue weighted by Gasteiger charge is 2.33. The summed E-state index contributed by atoms with van der Waals surface area (Å²) in [5, 5.41) is 12.3. The third-order valence-corrected chi connectivity index (χ3v) is 7.98. The molecule has 3 heterocycles. The molecule has 0 aliphatic carbocycles. The van der Waals surface area contributed by atoms with Gasteiger partial charge in [0.05, 0.1) is 12.4 Å². The molecule has 0 spiro atoms. The van der Waals surface area contributed by atoms with Gasteiger partial charge in [-0.05, 0) is 48.6 Å². The van der Waals surface area contributed by atoms with Crippen molar-refractivity contribution < 1.29 is 18.3 Å². The van der Waals surface area contributed by atoms with E-state index in [9.17, 15) is 13.6 Å². The van der Waals surface area contributed by atoms with Gasteiger partial charge in [0.15, 0.2) is 5.82 Å². The fraction of sp³-hybridized carbons (Fsp3) is 0.480. The summed E-state index contributed by atoms with van der Waals surface area (Å²) in [5.41, 5.74) is 1.62. The first-order valence-electron chi connectivity index (χ1n) is 12.2. The number of nitrogens with zero attached hydrogens (tertiary/aromatic N) is 6. The zero-order valence-electron chi connectivity index (χ0n) is 21.0. The van der Waals surface area contributed by atoms with Gasteiger partial charge in [0.25, 0.3) is 0 Å². The molecule has 11 heteroatoms. The van der Waals surface area contributed by atoms with Crippen LogP contribution < -0.4 is 4.90 Å². The Bertz CT molecular complexity index is 1190. The maximum atomic E-state index is 13.6. The Morgan fingerprint density at radius 3 is 2.72 bits per heavy atom. The van der Waals surface area contributed by atoms with Crippen LogP contribution in [0, 0.1) is 11.7 Å². The first kappa shape index (κ1) is 26.0. The topological polar surface area (TPSA) is 86.0 Å². The van der Waals surface area contributed by atoms with Crippen molar-refractivity contribution in [1.29, 1.82) is 0 Å². The molecule has 1 aromatic carbocycles. The number of hydrogen-bond donors (Lipinski definition) is 0.